The summed E-state index contributed by atoms with van der Waals surface area (Å²) in [5.74, 6) is 1.36. The van der Waals surface area contributed by atoms with Crippen LogP contribution in [0.25, 0.3) is 0 Å². The van der Waals surface area contributed by atoms with Crippen LogP contribution in [0.4, 0.5) is 4.39 Å². The molecule has 0 radical (unpaired) electrons. The van der Waals surface area contributed by atoms with Crippen molar-refractivity contribution >= 4 is 5.96 Å². The Morgan fingerprint density at radius 2 is 2.07 bits per heavy atom. The van der Waals surface area contributed by atoms with Gasteiger partial charge in [-0.2, -0.15) is 0 Å². The van der Waals surface area contributed by atoms with Crippen molar-refractivity contribution in [1.82, 2.24) is 10.6 Å². The van der Waals surface area contributed by atoms with Crippen molar-refractivity contribution in [1.29, 1.82) is 0 Å². The second kappa shape index (κ2) is 13.4. The molecular weight excluding hydrogens is 373 g/mol. The molecule has 1 unspecified atom stereocenters. The Balaban J connectivity index is 1.78. The fraction of sp³-hybridized carbons (Fsp3) is 0.682. The molecule has 1 aromatic carbocycles. The van der Waals surface area contributed by atoms with E-state index >= 15 is 0 Å². The first-order valence-electron chi connectivity index (χ1n) is 10.7. The van der Waals surface area contributed by atoms with Crippen LogP contribution >= 0.6 is 0 Å². The van der Waals surface area contributed by atoms with Crippen LogP contribution in [0.5, 0.6) is 5.75 Å². The Kier molecular flexibility index (Phi) is 10.8. The zero-order valence-corrected chi connectivity index (χ0v) is 18.0. The van der Waals surface area contributed by atoms with Gasteiger partial charge in [-0.25, -0.2) is 4.39 Å². The van der Waals surface area contributed by atoms with E-state index in [2.05, 4.69) is 15.6 Å². The van der Waals surface area contributed by atoms with Crippen molar-refractivity contribution in [3.05, 3.63) is 29.6 Å². The lowest BCUT2D eigenvalue weighted by Gasteiger charge is -2.19. The number of hydrogen-bond donors (Lipinski definition) is 2. The molecule has 0 aliphatic heterocycles. The molecule has 1 aliphatic carbocycles. The van der Waals surface area contributed by atoms with Gasteiger partial charge in [-0.05, 0) is 63.1 Å². The maximum atomic E-state index is 14.3. The predicted octanol–water partition coefficient (Wildman–Crippen LogP) is 3.67. The summed E-state index contributed by atoms with van der Waals surface area (Å²) < 4.78 is 30.3. The average Bonchev–Trinajstić information content (AvgIpc) is 3.53. The van der Waals surface area contributed by atoms with E-state index in [0.717, 1.165) is 30.9 Å². The number of rotatable bonds is 14. The molecule has 1 aliphatic rings. The Bertz CT molecular complexity index is 623. The second-order valence-corrected chi connectivity index (χ2v) is 7.38. The Labute approximate surface area is 174 Å². The lowest BCUT2D eigenvalue weighted by Crippen LogP contribution is -2.38. The molecule has 1 aromatic rings. The standard InChI is InChI=1S/C22H36FN3O3/c1-4-24-22(25-11-5-6-12-28-14-13-27-3)26-17(2)19-9-10-21(20(23)15-19)29-16-18-7-8-18/h9-10,15,17-18H,4-8,11-14,16H2,1-3H3,(H2,24,25,26). The van der Waals surface area contributed by atoms with Gasteiger partial charge in [-0.15, -0.1) is 0 Å². The predicted molar refractivity (Wildman–Crippen MR) is 114 cm³/mol. The smallest absolute Gasteiger partial charge is 0.191 e. The van der Waals surface area contributed by atoms with E-state index in [0.29, 0.717) is 44.6 Å². The molecule has 29 heavy (non-hydrogen) atoms. The highest BCUT2D eigenvalue weighted by molar-refractivity contribution is 5.80. The first-order valence-corrected chi connectivity index (χ1v) is 10.7. The van der Waals surface area contributed by atoms with E-state index < -0.39 is 0 Å². The number of nitrogens with one attached hydrogen (secondary N) is 2. The van der Waals surface area contributed by atoms with Crippen molar-refractivity contribution in [2.45, 2.75) is 45.6 Å². The molecule has 2 N–H and O–H groups in total. The molecule has 1 fully saturated rings. The molecule has 164 valence electrons. The third kappa shape index (κ3) is 9.45. The van der Waals surface area contributed by atoms with Crippen LogP contribution in [-0.2, 0) is 9.47 Å². The fourth-order valence-electron chi connectivity index (χ4n) is 2.76. The van der Waals surface area contributed by atoms with Gasteiger partial charge in [0, 0.05) is 26.8 Å². The van der Waals surface area contributed by atoms with Crippen LogP contribution in [0.1, 0.15) is 51.1 Å². The first kappa shape index (κ1) is 23.4. The minimum atomic E-state index is -0.313. The van der Waals surface area contributed by atoms with E-state index in [4.69, 9.17) is 14.2 Å². The molecule has 1 saturated carbocycles. The molecule has 0 saturated heterocycles. The molecule has 0 bridgehead atoms. The molecular formula is C22H36FN3O3. The number of halogens is 1. The number of nitrogens with zero attached hydrogens (tertiary/aromatic N) is 1. The van der Waals surface area contributed by atoms with Gasteiger partial charge in [0.1, 0.15) is 0 Å². The number of benzene rings is 1. The van der Waals surface area contributed by atoms with E-state index in [9.17, 15) is 4.39 Å². The van der Waals surface area contributed by atoms with Gasteiger partial charge in [-0.3, -0.25) is 4.99 Å². The zero-order chi connectivity index (χ0) is 20.9. The highest BCUT2D eigenvalue weighted by atomic mass is 19.1. The van der Waals surface area contributed by atoms with Gasteiger partial charge in [0.25, 0.3) is 0 Å². The zero-order valence-electron chi connectivity index (χ0n) is 18.0. The number of unbranched alkanes of at least 4 members (excludes halogenated alkanes) is 1. The molecule has 2 rings (SSSR count). The van der Waals surface area contributed by atoms with Crippen LogP contribution < -0.4 is 15.4 Å². The summed E-state index contributed by atoms with van der Waals surface area (Å²) in [5, 5.41) is 6.58. The highest BCUT2D eigenvalue weighted by Crippen LogP contribution is 2.30. The topological polar surface area (TPSA) is 64.1 Å². The second-order valence-electron chi connectivity index (χ2n) is 7.38. The lowest BCUT2D eigenvalue weighted by atomic mass is 10.1. The number of aliphatic imine (C=N–C) groups is 1. The summed E-state index contributed by atoms with van der Waals surface area (Å²) in [6.45, 7) is 8.07. The number of methoxy groups -OCH3 is 1. The Hall–Kier alpha value is -1.86. The molecule has 0 amide bonds. The van der Waals surface area contributed by atoms with Crippen LogP contribution in [0.3, 0.4) is 0 Å². The fourth-order valence-corrected chi connectivity index (χ4v) is 2.76. The monoisotopic (exact) mass is 409 g/mol. The maximum absolute atomic E-state index is 14.3. The van der Waals surface area contributed by atoms with Gasteiger partial charge in [-0.1, -0.05) is 6.07 Å². The van der Waals surface area contributed by atoms with Gasteiger partial charge in [0.05, 0.1) is 25.9 Å². The van der Waals surface area contributed by atoms with E-state index in [1.165, 1.54) is 12.8 Å². The van der Waals surface area contributed by atoms with Crippen molar-refractivity contribution < 1.29 is 18.6 Å². The van der Waals surface area contributed by atoms with Gasteiger partial charge < -0.3 is 24.8 Å². The largest absolute Gasteiger partial charge is 0.490 e. The number of hydrogen-bond acceptors (Lipinski definition) is 4. The summed E-state index contributed by atoms with van der Waals surface area (Å²) in [6.07, 6.45) is 4.28. The van der Waals surface area contributed by atoms with Crippen LogP contribution in [0.2, 0.25) is 0 Å². The van der Waals surface area contributed by atoms with Gasteiger partial charge in [0.2, 0.25) is 0 Å². The summed E-state index contributed by atoms with van der Waals surface area (Å²) >= 11 is 0. The van der Waals surface area contributed by atoms with Crippen molar-refractivity contribution in [2.75, 3.05) is 46.6 Å². The van der Waals surface area contributed by atoms with Gasteiger partial charge >= 0.3 is 0 Å². The minimum absolute atomic E-state index is 0.0721. The van der Waals surface area contributed by atoms with Crippen molar-refractivity contribution in [3.63, 3.8) is 0 Å². The quantitative estimate of drug-likeness (QED) is 0.279. The summed E-state index contributed by atoms with van der Waals surface area (Å²) in [6, 6.07) is 5.10. The third-order valence-corrected chi connectivity index (χ3v) is 4.72. The molecule has 7 heteroatoms. The summed E-state index contributed by atoms with van der Waals surface area (Å²) in [4.78, 5) is 4.60. The van der Waals surface area contributed by atoms with Crippen LogP contribution in [0.15, 0.2) is 23.2 Å². The minimum Gasteiger partial charge on any atom is -0.490 e. The molecule has 0 heterocycles. The molecule has 6 nitrogen and oxygen atoms in total. The van der Waals surface area contributed by atoms with Crippen LogP contribution in [0, 0.1) is 11.7 Å². The first-order chi connectivity index (χ1) is 14.1. The van der Waals surface area contributed by atoms with Gasteiger partial charge in [0.15, 0.2) is 17.5 Å². The summed E-state index contributed by atoms with van der Waals surface area (Å²) in [7, 11) is 1.67. The average molecular weight is 410 g/mol. The highest BCUT2D eigenvalue weighted by Gasteiger charge is 2.22. The molecule has 0 aromatic heterocycles. The Morgan fingerprint density at radius 3 is 2.76 bits per heavy atom. The number of guanidine groups is 1. The SMILES string of the molecule is CCNC(=NCCCCOCCOC)NC(C)c1ccc(OCC2CC2)c(F)c1. The normalized spacial score (nSPS) is 15.2. The Morgan fingerprint density at radius 1 is 1.24 bits per heavy atom. The lowest BCUT2D eigenvalue weighted by molar-refractivity contribution is 0.0690. The number of ether oxygens (including phenoxy) is 3. The summed E-state index contributed by atoms with van der Waals surface area (Å²) in [5.41, 5.74) is 0.860. The molecule has 0 spiro atoms. The van der Waals surface area contributed by atoms with E-state index in [-0.39, 0.29) is 11.9 Å². The van der Waals surface area contributed by atoms with Crippen molar-refractivity contribution in [2.24, 2.45) is 10.9 Å². The molecule has 1 atom stereocenters. The third-order valence-electron chi connectivity index (χ3n) is 4.72. The maximum Gasteiger partial charge on any atom is 0.191 e. The van der Waals surface area contributed by atoms with Crippen molar-refractivity contribution in [3.8, 4) is 5.75 Å². The van der Waals surface area contributed by atoms with E-state index in [1.807, 2.05) is 19.9 Å². The van der Waals surface area contributed by atoms with Crippen LogP contribution in [-0.4, -0.2) is 52.6 Å². The van der Waals surface area contributed by atoms with E-state index in [1.54, 1.807) is 19.2 Å².